The van der Waals surface area contributed by atoms with E-state index in [4.69, 9.17) is 5.73 Å². The zero-order valence-electron chi connectivity index (χ0n) is 7.13. The van der Waals surface area contributed by atoms with Crippen molar-refractivity contribution < 1.29 is 4.79 Å². The Kier molecular flexibility index (Phi) is 2.90. The van der Waals surface area contributed by atoms with Crippen molar-refractivity contribution in [1.82, 2.24) is 10.6 Å². The lowest BCUT2D eigenvalue weighted by atomic mass is 10.2. The Hall–Kier alpha value is -1.26. The van der Waals surface area contributed by atoms with Crippen LogP contribution in [0.5, 0.6) is 0 Å². The fourth-order valence-corrected chi connectivity index (χ4v) is 1.09. The second-order valence-electron chi connectivity index (χ2n) is 2.84. The number of rotatable bonds is 3. The van der Waals surface area contributed by atoms with Gasteiger partial charge in [0.15, 0.2) is 5.96 Å². The normalized spacial score (nSPS) is 21.4. The predicted octanol–water partition coefficient (Wildman–Crippen LogP) is -1.20. The van der Waals surface area contributed by atoms with Crippen molar-refractivity contribution in [3.63, 3.8) is 0 Å². The highest BCUT2D eigenvalue weighted by atomic mass is 16.1. The molecule has 1 unspecified atom stereocenters. The number of carbonyl (C=O) groups is 1. The molecule has 0 aromatic heterocycles. The third-order valence-electron chi connectivity index (χ3n) is 1.70. The topological polar surface area (TPSA) is 79.5 Å². The molecule has 1 rings (SSSR count). The molecule has 0 saturated carbocycles. The molecule has 0 saturated heterocycles. The van der Waals surface area contributed by atoms with Crippen molar-refractivity contribution >= 4 is 11.9 Å². The van der Waals surface area contributed by atoms with Crippen LogP contribution in [-0.4, -0.2) is 31.0 Å². The minimum atomic E-state index is 0.00175. The van der Waals surface area contributed by atoms with Gasteiger partial charge in [-0.05, 0) is 6.42 Å². The van der Waals surface area contributed by atoms with Crippen LogP contribution in [-0.2, 0) is 4.79 Å². The maximum absolute atomic E-state index is 10.5. The molecule has 4 N–H and O–H groups in total. The molecule has 12 heavy (non-hydrogen) atoms. The smallest absolute Gasteiger partial charge is 0.216 e. The van der Waals surface area contributed by atoms with Gasteiger partial charge in [-0.2, -0.15) is 0 Å². The third kappa shape index (κ3) is 2.77. The van der Waals surface area contributed by atoms with Gasteiger partial charge in [0.05, 0.1) is 12.6 Å². The summed E-state index contributed by atoms with van der Waals surface area (Å²) in [5.74, 6) is 0.504. The first-order valence-corrected chi connectivity index (χ1v) is 3.99. The minimum absolute atomic E-state index is 0.00175. The van der Waals surface area contributed by atoms with E-state index in [2.05, 4.69) is 15.6 Å². The van der Waals surface area contributed by atoms with E-state index in [-0.39, 0.29) is 11.9 Å². The number of carbonyl (C=O) groups excluding carboxylic acids is 1. The Morgan fingerprint density at radius 1 is 1.92 bits per heavy atom. The largest absolute Gasteiger partial charge is 0.370 e. The van der Waals surface area contributed by atoms with Crippen molar-refractivity contribution in [2.24, 2.45) is 10.7 Å². The lowest BCUT2D eigenvalue weighted by Gasteiger charge is -2.09. The monoisotopic (exact) mass is 170 g/mol. The highest BCUT2D eigenvalue weighted by Crippen LogP contribution is 1.96. The zero-order valence-corrected chi connectivity index (χ0v) is 7.13. The third-order valence-corrected chi connectivity index (χ3v) is 1.70. The van der Waals surface area contributed by atoms with Gasteiger partial charge in [0.2, 0.25) is 5.91 Å². The van der Waals surface area contributed by atoms with Crippen LogP contribution in [0.1, 0.15) is 13.3 Å². The van der Waals surface area contributed by atoms with Crippen LogP contribution in [0.2, 0.25) is 0 Å². The minimum Gasteiger partial charge on any atom is -0.370 e. The van der Waals surface area contributed by atoms with Gasteiger partial charge in [0.1, 0.15) is 0 Å². The maximum Gasteiger partial charge on any atom is 0.216 e. The van der Waals surface area contributed by atoms with Crippen molar-refractivity contribution in [1.29, 1.82) is 0 Å². The van der Waals surface area contributed by atoms with E-state index in [0.29, 0.717) is 19.0 Å². The summed E-state index contributed by atoms with van der Waals surface area (Å²) in [6.07, 6.45) is 0.865. The first kappa shape index (κ1) is 8.83. The molecule has 0 aromatic carbocycles. The van der Waals surface area contributed by atoms with Crippen LogP contribution >= 0.6 is 0 Å². The summed E-state index contributed by atoms with van der Waals surface area (Å²) in [6, 6.07) is 0.289. The van der Waals surface area contributed by atoms with Crippen LogP contribution in [0.15, 0.2) is 4.99 Å². The van der Waals surface area contributed by atoms with Gasteiger partial charge in [0, 0.05) is 13.5 Å². The summed E-state index contributed by atoms with van der Waals surface area (Å²) in [7, 11) is 0. The summed E-state index contributed by atoms with van der Waals surface area (Å²) in [5.41, 5.74) is 5.41. The molecule has 0 radical (unpaired) electrons. The van der Waals surface area contributed by atoms with E-state index in [9.17, 15) is 4.79 Å². The van der Waals surface area contributed by atoms with E-state index in [0.717, 1.165) is 6.42 Å². The van der Waals surface area contributed by atoms with Gasteiger partial charge >= 0.3 is 0 Å². The summed E-state index contributed by atoms with van der Waals surface area (Å²) in [4.78, 5) is 14.5. The second kappa shape index (κ2) is 3.94. The molecule has 1 atom stereocenters. The van der Waals surface area contributed by atoms with Crippen LogP contribution in [0.25, 0.3) is 0 Å². The van der Waals surface area contributed by atoms with Crippen molar-refractivity contribution in [3.8, 4) is 0 Å². The predicted molar refractivity (Wildman–Crippen MR) is 46.7 cm³/mol. The van der Waals surface area contributed by atoms with Crippen molar-refractivity contribution in [2.75, 3.05) is 13.1 Å². The van der Waals surface area contributed by atoms with Gasteiger partial charge in [-0.25, -0.2) is 0 Å². The number of hydrogen-bond acceptors (Lipinski definition) is 4. The Labute approximate surface area is 71.4 Å². The molecule has 0 aliphatic carbocycles. The van der Waals surface area contributed by atoms with E-state index in [1.807, 2.05) is 0 Å². The summed E-state index contributed by atoms with van der Waals surface area (Å²) in [6.45, 7) is 2.90. The Morgan fingerprint density at radius 2 is 2.67 bits per heavy atom. The highest BCUT2D eigenvalue weighted by molar-refractivity contribution is 5.79. The first-order chi connectivity index (χ1) is 5.68. The van der Waals surface area contributed by atoms with Gasteiger partial charge in [0.25, 0.3) is 0 Å². The van der Waals surface area contributed by atoms with E-state index < -0.39 is 0 Å². The number of amides is 1. The van der Waals surface area contributed by atoms with E-state index >= 15 is 0 Å². The molecule has 1 amide bonds. The molecular formula is C7H14N4O. The molecule has 5 heteroatoms. The summed E-state index contributed by atoms with van der Waals surface area (Å²) in [5, 5.41) is 5.72. The number of hydrogen-bond donors (Lipinski definition) is 3. The molecular weight excluding hydrogens is 156 g/mol. The van der Waals surface area contributed by atoms with Gasteiger partial charge in [-0.3, -0.25) is 9.79 Å². The Morgan fingerprint density at radius 3 is 3.17 bits per heavy atom. The molecule has 5 nitrogen and oxygen atoms in total. The first-order valence-electron chi connectivity index (χ1n) is 3.99. The second-order valence-corrected chi connectivity index (χ2v) is 2.84. The molecule has 0 aromatic rings. The molecule has 1 aliphatic heterocycles. The lowest BCUT2D eigenvalue weighted by Crippen LogP contribution is -2.37. The molecule has 0 bridgehead atoms. The molecule has 68 valence electrons. The highest BCUT2D eigenvalue weighted by Gasteiger charge is 2.13. The lowest BCUT2D eigenvalue weighted by molar-refractivity contribution is -0.118. The summed E-state index contributed by atoms with van der Waals surface area (Å²) < 4.78 is 0. The summed E-state index contributed by atoms with van der Waals surface area (Å²) >= 11 is 0. The van der Waals surface area contributed by atoms with Crippen LogP contribution in [0, 0.1) is 0 Å². The molecule has 0 spiro atoms. The number of nitrogens with zero attached hydrogens (tertiary/aromatic N) is 1. The van der Waals surface area contributed by atoms with Gasteiger partial charge < -0.3 is 16.4 Å². The number of aliphatic imine (C=N–C) groups is 1. The average Bonchev–Trinajstić information content (AvgIpc) is 2.35. The SMILES string of the molecule is CC(=O)NCCC1CN=C(N)N1. The van der Waals surface area contributed by atoms with Crippen LogP contribution in [0.3, 0.4) is 0 Å². The Bertz CT molecular complexity index is 202. The number of nitrogens with one attached hydrogen (secondary N) is 2. The zero-order chi connectivity index (χ0) is 8.97. The number of guanidine groups is 1. The molecule has 0 fully saturated rings. The Balaban J connectivity index is 2.06. The fraction of sp³-hybridized carbons (Fsp3) is 0.714. The molecule has 1 aliphatic rings. The molecule has 1 heterocycles. The standard InChI is InChI=1S/C7H14N4O/c1-5(12)9-3-2-6-4-10-7(8)11-6/h6H,2-4H2,1H3,(H,9,12)(H3,8,10,11). The van der Waals surface area contributed by atoms with Crippen LogP contribution < -0.4 is 16.4 Å². The van der Waals surface area contributed by atoms with Crippen LogP contribution in [0.4, 0.5) is 0 Å². The maximum atomic E-state index is 10.5. The number of nitrogens with two attached hydrogens (primary N) is 1. The van der Waals surface area contributed by atoms with E-state index in [1.54, 1.807) is 0 Å². The quantitative estimate of drug-likeness (QED) is 0.497. The van der Waals surface area contributed by atoms with Crippen molar-refractivity contribution in [2.45, 2.75) is 19.4 Å². The average molecular weight is 170 g/mol. The van der Waals surface area contributed by atoms with Crippen molar-refractivity contribution in [3.05, 3.63) is 0 Å². The van der Waals surface area contributed by atoms with Gasteiger partial charge in [-0.15, -0.1) is 0 Å². The van der Waals surface area contributed by atoms with Gasteiger partial charge in [-0.1, -0.05) is 0 Å². The fourth-order valence-electron chi connectivity index (χ4n) is 1.09. The van der Waals surface area contributed by atoms with E-state index in [1.165, 1.54) is 6.92 Å².